The molecule has 0 saturated heterocycles. The second-order valence-electron chi connectivity index (χ2n) is 5.91. The molecule has 0 fully saturated rings. The van der Waals surface area contributed by atoms with Crippen LogP contribution >= 0.6 is 0 Å². The van der Waals surface area contributed by atoms with Gasteiger partial charge in [-0.2, -0.15) is 0 Å². The maximum absolute atomic E-state index is 12.3. The number of benzene rings is 3. The monoisotopic (exact) mass is 402 g/mol. The Balaban J connectivity index is 1.60. The van der Waals surface area contributed by atoms with Gasteiger partial charge in [-0.25, -0.2) is 4.79 Å². The quantitative estimate of drug-likeness (QED) is 0.556. The van der Waals surface area contributed by atoms with Crippen LogP contribution in [0.3, 0.4) is 0 Å². The smallest absolute Gasteiger partial charge is 0.455 e. The van der Waals surface area contributed by atoms with Gasteiger partial charge in [0.25, 0.3) is 0 Å². The lowest BCUT2D eigenvalue weighted by Crippen LogP contribution is -2.28. The summed E-state index contributed by atoms with van der Waals surface area (Å²) in [7, 11) is 0. The number of nitrogens with one attached hydrogen (secondary N) is 2. The van der Waals surface area contributed by atoms with Crippen molar-refractivity contribution in [3.8, 4) is 17.2 Å². The fraction of sp³-hybridized carbons (Fsp3) is 0.0952. The van der Waals surface area contributed by atoms with Crippen LogP contribution in [0, 0.1) is 0 Å². The van der Waals surface area contributed by atoms with Crippen molar-refractivity contribution in [2.75, 3.05) is 5.32 Å². The predicted octanol–water partition coefficient (Wildman–Crippen LogP) is 5.70. The highest BCUT2D eigenvalue weighted by Crippen LogP contribution is 2.29. The van der Waals surface area contributed by atoms with E-state index in [2.05, 4.69) is 15.4 Å². The summed E-state index contributed by atoms with van der Waals surface area (Å²) in [6.45, 7) is 0.0165. The zero-order chi connectivity index (χ0) is 20.7. The molecule has 0 aromatic heterocycles. The molecule has 0 spiro atoms. The molecule has 5 nitrogen and oxygen atoms in total. The third kappa shape index (κ3) is 6.46. The molecule has 0 unspecified atom stereocenters. The molecule has 0 saturated carbocycles. The van der Waals surface area contributed by atoms with Gasteiger partial charge in [0.05, 0.1) is 5.69 Å². The fourth-order valence-electron chi connectivity index (χ4n) is 2.48. The standard InChI is InChI=1S/C21H17F3N2O3/c22-21(23,24)29-17-10-6-7-15(13-17)14-25-20(27)26-18-11-4-5-12-19(18)28-16-8-2-1-3-9-16/h1-13H,14H2,(H2,25,26,27). The van der Waals surface area contributed by atoms with Crippen LogP contribution in [0.4, 0.5) is 23.7 Å². The Labute approximate surface area is 165 Å². The second-order valence-corrected chi connectivity index (χ2v) is 5.91. The van der Waals surface area contributed by atoms with Crippen LogP contribution in [0.15, 0.2) is 78.9 Å². The molecule has 0 heterocycles. The number of halogens is 3. The molecule has 0 atom stereocenters. The number of carbonyl (C=O) groups excluding carboxylic acids is 1. The van der Waals surface area contributed by atoms with Gasteiger partial charge in [-0.15, -0.1) is 13.2 Å². The van der Waals surface area contributed by atoms with Crippen molar-refractivity contribution in [3.63, 3.8) is 0 Å². The lowest BCUT2D eigenvalue weighted by atomic mass is 10.2. The first-order chi connectivity index (χ1) is 13.9. The largest absolute Gasteiger partial charge is 0.573 e. The van der Waals surface area contributed by atoms with Gasteiger partial charge in [-0.1, -0.05) is 42.5 Å². The number of urea groups is 1. The van der Waals surface area contributed by atoms with E-state index >= 15 is 0 Å². The SMILES string of the molecule is O=C(NCc1cccc(OC(F)(F)F)c1)Nc1ccccc1Oc1ccccc1. The topological polar surface area (TPSA) is 59.6 Å². The minimum absolute atomic E-state index is 0.0165. The molecule has 0 aliphatic rings. The van der Waals surface area contributed by atoms with Gasteiger partial charge in [0.15, 0.2) is 5.75 Å². The fourth-order valence-corrected chi connectivity index (χ4v) is 2.48. The van der Waals surface area contributed by atoms with Crippen molar-refractivity contribution in [1.29, 1.82) is 0 Å². The Kier molecular flexibility index (Phi) is 6.23. The van der Waals surface area contributed by atoms with Crippen molar-refractivity contribution in [3.05, 3.63) is 84.4 Å². The van der Waals surface area contributed by atoms with Crippen LogP contribution in [0.2, 0.25) is 0 Å². The highest BCUT2D eigenvalue weighted by molar-refractivity contribution is 5.90. The molecule has 2 N–H and O–H groups in total. The van der Waals surface area contributed by atoms with E-state index < -0.39 is 12.4 Å². The number of anilines is 1. The first-order valence-electron chi connectivity index (χ1n) is 8.60. The van der Waals surface area contributed by atoms with Gasteiger partial charge in [0, 0.05) is 6.54 Å². The molecule has 0 radical (unpaired) electrons. The number of hydrogen-bond acceptors (Lipinski definition) is 3. The third-order valence-electron chi connectivity index (χ3n) is 3.69. The van der Waals surface area contributed by atoms with E-state index in [1.807, 2.05) is 18.2 Å². The van der Waals surface area contributed by atoms with E-state index in [9.17, 15) is 18.0 Å². The van der Waals surface area contributed by atoms with Crippen molar-refractivity contribution < 1.29 is 27.4 Å². The maximum atomic E-state index is 12.3. The molecule has 3 aromatic carbocycles. The average molecular weight is 402 g/mol. The summed E-state index contributed by atoms with van der Waals surface area (Å²) < 4.78 is 46.6. The molecular weight excluding hydrogens is 385 g/mol. The van der Waals surface area contributed by atoms with Crippen LogP contribution in [0.1, 0.15) is 5.56 Å². The van der Waals surface area contributed by atoms with Gasteiger partial charge in [0.1, 0.15) is 11.5 Å². The number of carbonyl (C=O) groups is 1. The van der Waals surface area contributed by atoms with Gasteiger partial charge >= 0.3 is 12.4 Å². The highest BCUT2D eigenvalue weighted by atomic mass is 19.4. The zero-order valence-electron chi connectivity index (χ0n) is 15.1. The summed E-state index contributed by atoms with van der Waals surface area (Å²) in [5.41, 5.74) is 0.902. The van der Waals surface area contributed by atoms with Gasteiger partial charge in [-0.05, 0) is 42.0 Å². The minimum Gasteiger partial charge on any atom is -0.455 e. The van der Waals surface area contributed by atoms with Crippen LogP contribution in [0.25, 0.3) is 0 Å². The molecule has 29 heavy (non-hydrogen) atoms. The van der Waals surface area contributed by atoms with Gasteiger partial charge in [0.2, 0.25) is 0 Å². The Morgan fingerprint density at radius 2 is 1.55 bits per heavy atom. The summed E-state index contributed by atoms with van der Waals surface area (Å²) in [4.78, 5) is 12.2. The summed E-state index contributed by atoms with van der Waals surface area (Å²) in [6, 6.07) is 20.8. The number of amides is 2. The van der Waals surface area contributed by atoms with E-state index in [0.29, 0.717) is 22.7 Å². The first-order valence-corrected chi connectivity index (χ1v) is 8.60. The van der Waals surface area contributed by atoms with E-state index in [-0.39, 0.29) is 12.3 Å². The molecule has 3 rings (SSSR count). The van der Waals surface area contributed by atoms with E-state index in [0.717, 1.165) is 0 Å². The molecule has 3 aromatic rings. The van der Waals surface area contributed by atoms with E-state index in [1.165, 1.54) is 18.2 Å². The molecule has 150 valence electrons. The maximum Gasteiger partial charge on any atom is 0.573 e. The lowest BCUT2D eigenvalue weighted by Gasteiger charge is -2.13. The molecular formula is C21H17F3N2O3. The summed E-state index contributed by atoms with van der Waals surface area (Å²) in [5, 5.41) is 5.25. The summed E-state index contributed by atoms with van der Waals surface area (Å²) >= 11 is 0. The Bertz CT molecular complexity index is 963. The van der Waals surface area contributed by atoms with Gasteiger partial charge in [-0.3, -0.25) is 0 Å². The van der Waals surface area contributed by atoms with Crippen molar-refractivity contribution >= 4 is 11.7 Å². The molecule has 8 heteroatoms. The van der Waals surface area contributed by atoms with Crippen molar-refractivity contribution in [2.45, 2.75) is 12.9 Å². The van der Waals surface area contributed by atoms with Crippen LogP contribution in [-0.4, -0.2) is 12.4 Å². The van der Waals surface area contributed by atoms with Crippen LogP contribution < -0.4 is 20.1 Å². The first kappa shape index (κ1) is 20.1. The Morgan fingerprint density at radius 3 is 2.31 bits per heavy atom. The lowest BCUT2D eigenvalue weighted by molar-refractivity contribution is -0.274. The van der Waals surface area contributed by atoms with Crippen LogP contribution in [0.5, 0.6) is 17.2 Å². The number of hydrogen-bond donors (Lipinski definition) is 2. The number of ether oxygens (including phenoxy) is 2. The van der Waals surface area contributed by atoms with Crippen molar-refractivity contribution in [2.24, 2.45) is 0 Å². The minimum atomic E-state index is -4.77. The summed E-state index contributed by atoms with van der Waals surface area (Å²) in [5.74, 6) is 0.719. The Morgan fingerprint density at radius 1 is 0.862 bits per heavy atom. The second kappa shape index (κ2) is 9.01. The zero-order valence-corrected chi connectivity index (χ0v) is 15.1. The number of para-hydroxylation sites is 3. The number of alkyl halides is 3. The Hall–Kier alpha value is -3.68. The average Bonchev–Trinajstić information content (AvgIpc) is 2.68. The predicted molar refractivity (Wildman–Crippen MR) is 102 cm³/mol. The summed E-state index contributed by atoms with van der Waals surface area (Å²) in [6.07, 6.45) is -4.77. The van der Waals surface area contributed by atoms with Gasteiger partial charge < -0.3 is 20.1 Å². The molecule has 2 amide bonds. The normalized spacial score (nSPS) is 10.9. The molecule has 0 aliphatic heterocycles. The van der Waals surface area contributed by atoms with Crippen LogP contribution in [-0.2, 0) is 6.54 Å². The molecule has 0 bridgehead atoms. The van der Waals surface area contributed by atoms with E-state index in [1.54, 1.807) is 42.5 Å². The molecule has 0 aliphatic carbocycles. The van der Waals surface area contributed by atoms with Crippen molar-refractivity contribution in [1.82, 2.24) is 5.32 Å². The van der Waals surface area contributed by atoms with E-state index in [4.69, 9.17) is 4.74 Å². The highest BCUT2D eigenvalue weighted by Gasteiger charge is 2.31. The third-order valence-corrected chi connectivity index (χ3v) is 3.69. The number of rotatable bonds is 6.